The second kappa shape index (κ2) is 7.06. The van der Waals surface area contributed by atoms with Crippen LogP contribution in [0, 0.1) is 17.8 Å². The topological polar surface area (TPSA) is 41.6 Å². The molecule has 2 heterocycles. The molecular weight excluding hydrogens is 288 g/mol. The van der Waals surface area contributed by atoms with Crippen LogP contribution in [0.3, 0.4) is 0 Å². The van der Waals surface area contributed by atoms with Gasteiger partial charge < -0.3 is 15.0 Å². The van der Waals surface area contributed by atoms with Crippen molar-refractivity contribution < 1.29 is 9.53 Å². The number of benzene rings is 1. The lowest BCUT2D eigenvalue weighted by molar-refractivity contribution is -0.130. The fourth-order valence-corrected chi connectivity index (χ4v) is 3.44. The van der Waals surface area contributed by atoms with Crippen molar-refractivity contribution in [2.24, 2.45) is 5.41 Å². The molecule has 1 aromatic rings. The Kier molecular flexibility index (Phi) is 4.88. The number of carbonyl (C=O) groups is 1. The number of rotatable bonds is 4. The number of ether oxygens (including phenoxy) is 1. The van der Waals surface area contributed by atoms with E-state index < -0.39 is 5.41 Å². The molecular formula is C19H24N2O2. The van der Waals surface area contributed by atoms with Crippen molar-refractivity contribution in [1.82, 2.24) is 0 Å². The van der Waals surface area contributed by atoms with Gasteiger partial charge in [-0.3, -0.25) is 4.79 Å². The van der Waals surface area contributed by atoms with Crippen LogP contribution >= 0.6 is 0 Å². The van der Waals surface area contributed by atoms with Gasteiger partial charge in [-0.2, -0.15) is 0 Å². The highest BCUT2D eigenvalue weighted by atomic mass is 16.5. The summed E-state index contributed by atoms with van der Waals surface area (Å²) in [5.74, 6) is 2.69. The first-order chi connectivity index (χ1) is 11.2. The van der Waals surface area contributed by atoms with Gasteiger partial charge in [-0.1, -0.05) is 0 Å². The SMILES string of the molecule is C#CCC1(C(=O)Nc2ccc(N3CCCC3)cc2)CCOCC1. The molecule has 0 radical (unpaired) electrons. The second-order valence-corrected chi connectivity index (χ2v) is 6.47. The molecule has 4 nitrogen and oxygen atoms in total. The maximum Gasteiger partial charge on any atom is 0.231 e. The molecule has 122 valence electrons. The number of nitrogens with one attached hydrogen (secondary N) is 1. The number of carbonyl (C=O) groups excluding carboxylic acids is 1. The Morgan fingerprint density at radius 3 is 2.48 bits per heavy atom. The van der Waals surface area contributed by atoms with Crippen LogP contribution in [0.2, 0.25) is 0 Å². The molecule has 23 heavy (non-hydrogen) atoms. The summed E-state index contributed by atoms with van der Waals surface area (Å²) in [5, 5.41) is 3.05. The standard InChI is InChI=1S/C19H24N2O2/c1-2-9-19(10-14-23-15-11-19)18(22)20-16-5-7-17(8-6-16)21-12-3-4-13-21/h1,5-8H,3-4,9-15H2,(H,20,22). The Bertz CT molecular complexity index is 576. The summed E-state index contributed by atoms with van der Waals surface area (Å²) in [4.78, 5) is 15.1. The number of nitrogens with zero attached hydrogens (tertiary/aromatic N) is 1. The zero-order chi connectivity index (χ0) is 16.1. The zero-order valence-corrected chi connectivity index (χ0v) is 13.5. The summed E-state index contributed by atoms with van der Waals surface area (Å²) >= 11 is 0. The van der Waals surface area contributed by atoms with Crippen molar-refractivity contribution in [3.63, 3.8) is 0 Å². The first kappa shape index (κ1) is 15.9. The minimum Gasteiger partial charge on any atom is -0.381 e. The van der Waals surface area contributed by atoms with Crippen LogP contribution in [-0.2, 0) is 9.53 Å². The Hall–Kier alpha value is -1.99. The Labute approximate surface area is 138 Å². The van der Waals surface area contributed by atoms with E-state index in [1.54, 1.807) is 0 Å². The average Bonchev–Trinajstić information content (AvgIpc) is 3.11. The van der Waals surface area contributed by atoms with Crippen LogP contribution in [-0.4, -0.2) is 32.2 Å². The van der Waals surface area contributed by atoms with Crippen LogP contribution in [0.15, 0.2) is 24.3 Å². The Balaban J connectivity index is 1.67. The van der Waals surface area contributed by atoms with Gasteiger partial charge in [-0.15, -0.1) is 12.3 Å². The molecule has 0 bridgehead atoms. The van der Waals surface area contributed by atoms with E-state index in [4.69, 9.17) is 11.2 Å². The first-order valence-electron chi connectivity index (χ1n) is 8.41. The monoisotopic (exact) mass is 312 g/mol. The van der Waals surface area contributed by atoms with Crippen LogP contribution in [0.4, 0.5) is 11.4 Å². The van der Waals surface area contributed by atoms with Gasteiger partial charge in [0.1, 0.15) is 0 Å². The van der Waals surface area contributed by atoms with E-state index in [1.807, 2.05) is 12.1 Å². The minimum atomic E-state index is -0.485. The molecule has 1 N–H and O–H groups in total. The van der Waals surface area contributed by atoms with Crippen molar-refractivity contribution in [3.05, 3.63) is 24.3 Å². The smallest absolute Gasteiger partial charge is 0.231 e. The van der Waals surface area contributed by atoms with Gasteiger partial charge in [-0.25, -0.2) is 0 Å². The average molecular weight is 312 g/mol. The third-order valence-electron chi connectivity index (χ3n) is 4.97. The summed E-state index contributed by atoms with van der Waals surface area (Å²) in [6.45, 7) is 3.44. The molecule has 0 aromatic heterocycles. The number of anilines is 2. The van der Waals surface area contributed by atoms with E-state index in [1.165, 1.54) is 18.5 Å². The molecule has 2 aliphatic rings. The molecule has 0 unspecified atom stereocenters. The fraction of sp³-hybridized carbons (Fsp3) is 0.526. The number of hydrogen-bond donors (Lipinski definition) is 1. The lowest BCUT2D eigenvalue weighted by Gasteiger charge is -2.34. The number of amides is 1. The van der Waals surface area contributed by atoms with E-state index >= 15 is 0 Å². The summed E-state index contributed by atoms with van der Waals surface area (Å²) in [5.41, 5.74) is 1.58. The summed E-state index contributed by atoms with van der Waals surface area (Å²) in [6.07, 6.45) is 9.85. The molecule has 0 saturated carbocycles. The lowest BCUT2D eigenvalue weighted by atomic mass is 9.76. The van der Waals surface area contributed by atoms with E-state index in [0.717, 1.165) is 18.8 Å². The lowest BCUT2D eigenvalue weighted by Crippen LogP contribution is -2.40. The van der Waals surface area contributed by atoms with Gasteiger partial charge in [0, 0.05) is 44.1 Å². The largest absolute Gasteiger partial charge is 0.381 e. The van der Waals surface area contributed by atoms with Gasteiger partial charge in [0.15, 0.2) is 0 Å². The molecule has 0 aliphatic carbocycles. The van der Waals surface area contributed by atoms with Crippen molar-refractivity contribution in [2.45, 2.75) is 32.1 Å². The van der Waals surface area contributed by atoms with E-state index in [9.17, 15) is 4.79 Å². The summed E-state index contributed by atoms with van der Waals surface area (Å²) < 4.78 is 5.39. The highest BCUT2D eigenvalue weighted by Crippen LogP contribution is 2.35. The van der Waals surface area contributed by atoms with Crippen molar-refractivity contribution >= 4 is 17.3 Å². The van der Waals surface area contributed by atoms with Gasteiger partial charge in [-0.05, 0) is 49.9 Å². The summed E-state index contributed by atoms with van der Waals surface area (Å²) in [6, 6.07) is 8.13. The van der Waals surface area contributed by atoms with Gasteiger partial charge in [0.2, 0.25) is 5.91 Å². The highest BCUT2D eigenvalue weighted by molar-refractivity contribution is 5.95. The van der Waals surface area contributed by atoms with Crippen molar-refractivity contribution in [1.29, 1.82) is 0 Å². The van der Waals surface area contributed by atoms with Gasteiger partial charge in [0.05, 0.1) is 5.41 Å². The van der Waals surface area contributed by atoms with Gasteiger partial charge in [0.25, 0.3) is 0 Å². The third kappa shape index (κ3) is 3.51. The summed E-state index contributed by atoms with van der Waals surface area (Å²) in [7, 11) is 0. The predicted octanol–water partition coefficient (Wildman–Crippen LogP) is 3.05. The highest BCUT2D eigenvalue weighted by Gasteiger charge is 2.39. The Morgan fingerprint density at radius 1 is 1.22 bits per heavy atom. The maximum atomic E-state index is 12.7. The molecule has 0 spiro atoms. The normalized spacial score (nSPS) is 20.0. The number of terminal acetylenes is 1. The van der Waals surface area contributed by atoms with Crippen LogP contribution < -0.4 is 10.2 Å². The number of hydrogen-bond acceptors (Lipinski definition) is 3. The van der Waals surface area contributed by atoms with Crippen molar-refractivity contribution in [3.8, 4) is 12.3 Å². The molecule has 1 amide bonds. The zero-order valence-electron chi connectivity index (χ0n) is 13.5. The van der Waals surface area contributed by atoms with Crippen LogP contribution in [0.5, 0.6) is 0 Å². The van der Waals surface area contributed by atoms with Gasteiger partial charge >= 0.3 is 0 Å². The molecule has 4 heteroatoms. The van der Waals surface area contributed by atoms with Crippen LogP contribution in [0.1, 0.15) is 32.1 Å². The fourth-order valence-electron chi connectivity index (χ4n) is 3.44. The molecule has 1 aromatic carbocycles. The van der Waals surface area contributed by atoms with E-state index in [2.05, 4.69) is 28.3 Å². The molecule has 2 fully saturated rings. The van der Waals surface area contributed by atoms with E-state index in [0.29, 0.717) is 32.5 Å². The molecule has 3 rings (SSSR count). The third-order valence-corrected chi connectivity index (χ3v) is 4.97. The maximum absolute atomic E-state index is 12.7. The quantitative estimate of drug-likeness (QED) is 0.869. The molecule has 0 atom stereocenters. The van der Waals surface area contributed by atoms with E-state index in [-0.39, 0.29) is 5.91 Å². The molecule has 2 aliphatic heterocycles. The molecule has 2 saturated heterocycles. The predicted molar refractivity (Wildman–Crippen MR) is 92.5 cm³/mol. The first-order valence-corrected chi connectivity index (χ1v) is 8.41. The van der Waals surface area contributed by atoms with Crippen molar-refractivity contribution in [2.75, 3.05) is 36.5 Å². The minimum absolute atomic E-state index is 0.0210. The van der Waals surface area contributed by atoms with Crippen LogP contribution in [0.25, 0.3) is 0 Å². The second-order valence-electron chi connectivity index (χ2n) is 6.47. The Morgan fingerprint density at radius 2 is 1.87 bits per heavy atom.